The molecule has 5 aliphatic rings. The summed E-state index contributed by atoms with van der Waals surface area (Å²) in [6, 6.07) is 0. The lowest BCUT2D eigenvalue weighted by molar-refractivity contribution is -0.146. The molecule has 35 heavy (non-hydrogen) atoms. The summed E-state index contributed by atoms with van der Waals surface area (Å²) >= 11 is 0. The van der Waals surface area contributed by atoms with Gasteiger partial charge in [0.15, 0.2) is 0 Å². The van der Waals surface area contributed by atoms with Gasteiger partial charge in [-0.1, -0.05) is 46.3 Å². The summed E-state index contributed by atoms with van der Waals surface area (Å²) in [7, 11) is 0. The van der Waals surface area contributed by atoms with Crippen molar-refractivity contribution >= 4 is 5.78 Å². The highest BCUT2D eigenvalue weighted by Crippen LogP contribution is 2.73. The molecule has 5 rings (SSSR count). The standard InChI is InChI=1S/C31H50O4/c1-18-19(17-23(35-18)26(33)28(4,5)34)20-11-15-31(8)22-9-10-24-27(2,3)25(32)13-14-29(24,6)21(22)12-16-30(20,31)7/h9,18-21,23-24,26,33-34H,10-17H2,1-8H3/t18-,19-,20+,21+,23-,24+,26+,29-,30+,31-/m1/s1. The zero-order valence-corrected chi connectivity index (χ0v) is 23.5. The lowest BCUT2D eigenvalue weighted by Gasteiger charge is -2.63. The molecule has 198 valence electrons. The number of carbonyl (C=O) groups excluding carboxylic acids is 1. The van der Waals surface area contributed by atoms with Crippen molar-refractivity contribution in [1.29, 1.82) is 0 Å². The van der Waals surface area contributed by atoms with Crippen molar-refractivity contribution in [2.75, 3.05) is 0 Å². The van der Waals surface area contributed by atoms with Crippen LogP contribution in [-0.2, 0) is 9.53 Å². The van der Waals surface area contributed by atoms with Crippen LogP contribution in [0.1, 0.15) is 107 Å². The number of ether oxygens (including phenoxy) is 1. The molecular weight excluding hydrogens is 436 g/mol. The minimum atomic E-state index is -1.15. The normalized spacial score (nSPS) is 50.2. The van der Waals surface area contributed by atoms with E-state index < -0.39 is 11.7 Å². The number of ketones is 1. The highest BCUT2D eigenvalue weighted by atomic mass is 16.5. The number of fused-ring (bicyclic) bond motifs is 5. The van der Waals surface area contributed by atoms with Crippen LogP contribution in [0.15, 0.2) is 11.6 Å². The van der Waals surface area contributed by atoms with Crippen LogP contribution in [0.4, 0.5) is 0 Å². The molecule has 2 N–H and O–H groups in total. The Morgan fingerprint density at radius 2 is 1.77 bits per heavy atom. The first-order valence-electron chi connectivity index (χ1n) is 14.4. The zero-order valence-electron chi connectivity index (χ0n) is 23.5. The number of allylic oxidation sites excluding steroid dienone is 2. The highest BCUT2D eigenvalue weighted by Gasteiger charge is 2.66. The van der Waals surface area contributed by atoms with E-state index in [1.807, 2.05) is 0 Å². The maximum absolute atomic E-state index is 12.9. The Hall–Kier alpha value is -0.710. The fourth-order valence-electron chi connectivity index (χ4n) is 10.3. The van der Waals surface area contributed by atoms with Gasteiger partial charge in [-0.15, -0.1) is 0 Å². The average Bonchev–Trinajstić information content (AvgIpc) is 3.26. The van der Waals surface area contributed by atoms with Gasteiger partial charge in [-0.3, -0.25) is 4.79 Å². The van der Waals surface area contributed by atoms with Crippen LogP contribution in [0.3, 0.4) is 0 Å². The number of aliphatic hydroxyl groups excluding tert-OH is 1. The minimum absolute atomic E-state index is 0.103. The Labute approximate surface area is 213 Å². The predicted octanol–water partition coefficient (Wildman–Crippen LogP) is 6.09. The quantitative estimate of drug-likeness (QED) is 0.474. The summed E-state index contributed by atoms with van der Waals surface area (Å²) in [5.41, 5.74) is 0.955. The van der Waals surface area contributed by atoms with Gasteiger partial charge in [0, 0.05) is 11.8 Å². The Balaban J connectivity index is 1.44. The molecule has 0 spiro atoms. The molecule has 0 bridgehead atoms. The second-order valence-electron chi connectivity index (χ2n) is 15.0. The molecule has 4 aliphatic carbocycles. The second-order valence-corrected chi connectivity index (χ2v) is 15.0. The van der Waals surface area contributed by atoms with Crippen molar-refractivity contribution in [3.63, 3.8) is 0 Å². The molecule has 1 aliphatic heterocycles. The first-order chi connectivity index (χ1) is 16.1. The van der Waals surface area contributed by atoms with Crippen LogP contribution < -0.4 is 0 Å². The van der Waals surface area contributed by atoms with Crippen molar-refractivity contribution in [2.45, 2.75) is 131 Å². The maximum Gasteiger partial charge on any atom is 0.138 e. The third kappa shape index (κ3) is 3.44. The van der Waals surface area contributed by atoms with E-state index in [1.54, 1.807) is 19.4 Å². The van der Waals surface area contributed by atoms with Gasteiger partial charge < -0.3 is 14.9 Å². The van der Waals surface area contributed by atoms with Crippen molar-refractivity contribution in [3.8, 4) is 0 Å². The summed E-state index contributed by atoms with van der Waals surface area (Å²) in [4.78, 5) is 12.9. The fraction of sp³-hybridized carbons (Fsp3) is 0.903. The number of carbonyl (C=O) groups is 1. The Kier molecular flexibility index (Phi) is 5.85. The van der Waals surface area contributed by atoms with Crippen molar-refractivity contribution in [1.82, 2.24) is 0 Å². The number of aliphatic hydroxyl groups is 2. The first-order valence-corrected chi connectivity index (χ1v) is 14.4. The van der Waals surface area contributed by atoms with Gasteiger partial charge in [0.2, 0.25) is 0 Å². The topological polar surface area (TPSA) is 66.8 Å². The smallest absolute Gasteiger partial charge is 0.138 e. The molecule has 0 aromatic rings. The lowest BCUT2D eigenvalue weighted by Crippen LogP contribution is -2.57. The summed E-state index contributed by atoms with van der Waals surface area (Å²) in [5, 5.41) is 21.2. The van der Waals surface area contributed by atoms with E-state index in [0.29, 0.717) is 29.5 Å². The molecule has 0 unspecified atom stereocenters. The van der Waals surface area contributed by atoms with Gasteiger partial charge >= 0.3 is 0 Å². The number of Topliss-reactive ketones (excluding diaryl/α,β-unsaturated/α-hetero) is 1. The van der Waals surface area contributed by atoms with E-state index in [1.165, 1.54) is 25.7 Å². The summed E-state index contributed by atoms with van der Waals surface area (Å²) in [6.45, 7) is 17.6. The molecule has 4 fully saturated rings. The summed E-state index contributed by atoms with van der Waals surface area (Å²) in [6.07, 6.45) is 10.1. The minimum Gasteiger partial charge on any atom is -0.388 e. The monoisotopic (exact) mass is 486 g/mol. The van der Waals surface area contributed by atoms with E-state index in [2.05, 4.69) is 47.6 Å². The molecule has 0 amide bonds. The molecule has 0 aromatic carbocycles. The average molecular weight is 487 g/mol. The molecule has 10 atom stereocenters. The second kappa shape index (κ2) is 7.90. The largest absolute Gasteiger partial charge is 0.388 e. The third-order valence-electron chi connectivity index (χ3n) is 12.7. The Morgan fingerprint density at radius 1 is 1.09 bits per heavy atom. The maximum atomic E-state index is 12.9. The third-order valence-corrected chi connectivity index (χ3v) is 12.7. The van der Waals surface area contributed by atoms with Crippen molar-refractivity contribution in [3.05, 3.63) is 11.6 Å². The number of hydrogen-bond acceptors (Lipinski definition) is 4. The highest BCUT2D eigenvalue weighted by molar-refractivity contribution is 5.85. The fourth-order valence-corrected chi connectivity index (χ4v) is 10.3. The summed E-state index contributed by atoms with van der Waals surface area (Å²) in [5.74, 6) is 2.48. The van der Waals surface area contributed by atoms with Gasteiger partial charge in [0.1, 0.15) is 11.9 Å². The molecule has 1 saturated heterocycles. The molecule has 1 heterocycles. The van der Waals surface area contributed by atoms with E-state index >= 15 is 0 Å². The Bertz CT molecular complexity index is 913. The number of rotatable bonds is 3. The molecule has 4 heteroatoms. The van der Waals surface area contributed by atoms with E-state index in [0.717, 1.165) is 25.7 Å². The van der Waals surface area contributed by atoms with Crippen LogP contribution in [0, 0.1) is 45.3 Å². The van der Waals surface area contributed by atoms with E-state index in [9.17, 15) is 15.0 Å². The van der Waals surface area contributed by atoms with E-state index in [-0.39, 0.29) is 33.9 Å². The van der Waals surface area contributed by atoms with Crippen LogP contribution in [-0.4, -0.2) is 39.9 Å². The zero-order chi connectivity index (χ0) is 25.8. The van der Waals surface area contributed by atoms with Crippen molar-refractivity contribution in [2.24, 2.45) is 45.3 Å². The van der Waals surface area contributed by atoms with Gasteiger partial charge in [-0.05, 0) is 106 Å². The molecule has 0 radical (unpaired) electrons. The van der Waals surface area contributed by atoms with Crippen LogP contribution in [0.5, 0.6) is 0 Å². The first kappa shape index (κ1) is 25.9. The Morgan fingerprint density at radius 3 is 2.43 bits per heavy atom. The van der Waals surface area contributed by atoms with Gasteiger partial charge in [0.25, 0.3) is 0 Å². The van der Waals surface area contributed by atoms with Crippen LogP contribution >= 0.6 is 0 Å². The van der Waals surface area contributed by atoms with Crippen molar-refractivity contribution < 1.29 is 19.7 Å². The SMILES string of the molecule is C[C@H]1O[C@@H]([C@H](O)C(C)(C)O)C[C@H]1[C@@H]1CC[C@]2(C)C3=CC[C@H]4C(C)(C)C(=O)CC[C@]4(C)[C@H]3CC[C@@]12C. The van der Waals surface area contributed by atoms with Gasteiger partial charge in [0.05, 0.1) is 17.8 Å². The lowest BCUT2D eigenvalue weighted by atomic mass is 9.41. The molecule has 3 saturated carbocycles. The van der Waals surface area contributed by atoms with Crippen LogP contribution in [0.2, 0.25) is 0 Å². The predicted molar refractivity (Wildman–Crippen MR) is 139 cm³/mol. The molecule has 4 nitrogen and oxygen atoms in total. The van der Waals surface area contributed by atoms with Gasteiger partial charge in [-0.25, -0.2) is 0 Å². The van der Waals surface area contributed by atoms with Crippen LogP contribution in [0.25, 0.3) is 0 Å². The van der Waals surface area contributed by atoms with Gasteiger partial charge in [-0.2, -0.15) is 0 Å². The summed E-state index contributed by atoms with van der Waals surface area (Å²) < 4.78 is 6.30. The van der Waals surface area contributed by atoms with E-state index in [4.69, 9.17) is 4.74 Å². The molecular formula is C31H50O4. The molecule has 0 aromatic heterocycles. The number of hydrogen-bond donors (Lipinski definition) is 2.